The number of benzene rings is 2. The second-order valence-corrected chi connectivity index (χ2v) is 6.25. The average molecular weight is 334 g/mol. The number of nitriles is 1. The van der Waals surface area contributed by atoms with Gasteiger partial charge in [0, 0.05) is 24.5 Å². The third-order valence-electron chi connectivity index (χ3n) is 4.42. The van der Waals surface area contributed by atoms with Crippen LogP contribution in [0, 0.1) is 11.3 Å². The van der Waals surface area contributed by atoms with Crippen LogP contribution in [0.2, 0.25) is 0 Å². The number of carbonyl (C=O) groups excluding carboxylic acids is 1. The topological polar surface area (TPSA) is 68.2 Å². The van der Waals surface area contributed by atoms with Crippen molar-refractivity contribution in [1.82, 2.24) is 0 Å². The second kappa shape index (κ2) is 7.71. The van der Waals surface area contributed by atoms with E-state index in [0.29, 0.717) is 11.3 Å². The van der Waals surface area contributed by atoms with Crippen molar-refractivity contribution in [1.29, 1.82) is 5.26 Å². The van der Waals surface area contributed by atoms with Gasteiger partial charge in [0.15, 0.2) is 0 Å². The van der Waals surface area contributed by atoms with Crippen molar-refractivity contribution in [3.8, 4) is 6.07 Å². The van der Waals surface area contributed by atoms with E-state index in [0.717, 1.165) is 18.8 Å². The lowest BCUT2D eigenvalue weighted by atomic mass is 10.2. The van der Waals surface area contributed by atoms with Crippen LogP contribution in [0.5, 0.6) is 0 Å². The van der Waals surface area contributed by atoms with Crippen LogP contribution in [0.1, 0.15) is 25.3 Å². The van der Waals surface area contributed by atoms with E-state index in [2.05, 4.69) is 33.7 Å². The van der Waals surface area contributed by atoms with E-state index in [1.165, 1.54) is 18.5 Å². The van der Waals surface area contributed by atoms with E-state index in [1.54, 1.807) is 31.2 Å². The quantitative estimate of drug-likeness (QED) is 0.877. The van der Waals surface area contributed by atoms with Gasteiger partial charge in [-0.15, -0.1) is 0 Å². The molecule has 0 aromatic heterocycles. The first kappa shape index (κ1) is 16.8. The minimum Gasteiger partial charge on any atom is -0.374 e. The van der Waals surface area contributed by atoms with Crippen molar-refractivity contribution in [2.24, 2.45) is 0 Å². The molecule has 25 heavy (non-hydrogen) atoms. The van der Waals surface area contributed by atoms with Gasteiger partial charge < -0.3 is 15.5 Å². The standard InChI is InChI=1S/C20H22N4O/c1-15(20(25)23-19-7-3-2-6-16(19)14-21)22-17-8-10-18(11-9-17)24-12-4-5-13-24/h2-3,6-11,15,22H,4-5,12-13H2,1H3,(H,23,25)/t15-/m1/s1. The van der Waals surface area contributed by atoms with Crippen LogP contribution >= 0.6 is 0 Å². The minimum atomic E-state index is -0.413. The summed E-state index contributed by atoms with van der Waals surface area (Å²) >= 11 is 0. The van der Waals surface area contributed by atoms with Gasteiger partial charge in [0.2, 0.25) is 5.91 Å². The summed E-state index contributed by atoms with van der Waals surface area (Å²) in [5.74, 6) is -0.175. The average Bonchev–Trinajstić information content (AvgIpc) is 3.17. The van der Waals surface area contributed by atoms with Gasteiger partial charge in [0.1, 0.15) is 12.1 Å². The summed E-state index contributed by atoms with van der Waals surface area (Å²) in [7, 11) is 0. The molecule has 5 nitrogen and oxygen atoms in total. The highest BCUT2D eigenvalue weighted by Crippen LogP contribution is 2.22. The molecule has 128 valence electrons. The van der Waals surface area contributed by atoms with Gasteiger partial charge in [-0.25, -0.2) is 0 Å². The molecule has 1 saturated heterocycles. The number of carbonyl (C=O) groups is 1. The molecule has 2 N–H and O–H groups in total. The van der Waals surface area contributed by atoms with E-state index < -0.39 is 6.04 Å². The van der Waals surface area contributed by atoms with E-state index in [9.17, 15) is 4.79 Å². The molecule has 2 aromatic rings. The first-order valence-electron chi connectivity index (χ1n) is 8.59. The lowest BCUT2D eigenvalue weighted by Crippen LogP contribution is -2.32. The van der Waals surface area contributed by atoms with Crippen molar-refractivity contribution < 1.29 is 4.79 Å². The van der Waals surface area contributed by atoms with Gasteiger partial charge in [-0.05, 0) is 56.2 Å². The number of anilines is 3. The number of hydrogen-bond donors (Lipinski definition) is 2. The molecule has 1 aliphatic heterocycles. The third-order valence-corrected chi connectivity index (χ3v) is 4.42. The lowest BCUT2D eigenvalue weighted by Gasteiger charge is -2.19. The van der Waals surface area contributed by atoms with E-state index in [1.807, 2.05) is 12.1 Å². The van der Waals surface area contributed by atoms with Gasteiger partial charge in [-0.3, -0.25) is 4.79 Å². The first-order chi connectivity index (χ1) is 12.2. The molecule has 2 aromatic carbocycles. The fourth-order valence-electron chi connectivity index (χ4n) is 2.99. The summed E-state index contributed by atoms with van der Waals surface area (Å²) in [6.07, 6.45) is 2.50. The Labute approximate surface area is 148 Å². The normalized spacial score (nSPS) is 14.6. The van der Waals surface area contributed by atoms with Gasteiger partial charge in [0.05, 0.1) is 11.3 Å². The largest absolute Gasteiger partial charge is 0.374 e. The van der Waals surface area contributed by atoms with Gasteiger partial charge in [0.25, 0.3) is 0 Å². The van der Waals surface area contributed by atoms with E-state index >= 15 is 0 Å². The fourth-order valence-corrected chi connectivity index (χ4v) is 2.99. The predicted octanol–water partition coefficient (Wildman–Crippen LogP) is 3.60. The SMILES string of the molecule is C[C@@H](Nc1ccc(N2CCCC2)cc1)C(=O)Nc1ccccc1C#N. The molecule has 0 spiro atoms. The van der Waals surface area contributed by atoms with Crippen LogP contribution in [-0.4, -0.2) is 25.0 Å². The lowest BCUT2D eigenvalue weighted by molar-refractivity contribution is -0.116. The molecule has 1 aliphatic rings. The summed E-state index contributed by atoms with van der Waals surface area (Å²) in [6, 6.07) is 16.8. The van der Waals surface area contributed by atoms with Crippen molar-refractivity contribution in [3.63, 3.8) is 0 Å². The van der Waals surface area contributed by atoms with E-state index in [4.69, 9.17) is 5.26 Å². The summed E-state index contributed by atoms with van der Waals surface area (Å²) in [5, 5.41) is 15.1. The highest BCUT2D eigenvalue weighted by atomic mass is 16.2. The van der Waals surface area contributed by atoms with Gasteiger partial charge >= 0.3 is 0 Å². The summed E-state index contributed by atoms with van der Waals surface area (Å²) < 4.78 is 0. The van der Waals surface area contributed by atoms with Crippen LogP contribution in [0.4, 0.5) is 17.1 Å². The first-order valence-corrected chi connectivity index (χ1v) is 8.59. The van der Waals surface area contributed by atoms with Gasteiger partial charge in [-0.1, -0.05) is 12.1 Å². The third kappa shape index (κ3) is 4.10. The molecule has 5 heteroatoms. The number of hydrogen-bond acceptors (Lipinski definition) is 4. The zero-order valence-electron chi connectivity index (χ0n) is 14.3. The Morgan fingerprint density at radius 3 is 2.48 bits per heavy atom. The molecular formula is C20H22N4O. The molecular weight excluding hydrogens is 312 g/mol. The number of amides is 1. The van der Waals surface area contributed by atoms with Gasteiger partial charge in [-0.2, -0.15) is 5.26 Å². The number of nitrogens with one attached hydrogen (secondary N) is 2. The maximum absolute atomic E-state index is 12.4. The van der Waals surface area contributed by atoms with Crippen molar-refractivity contribution >= 4 is 23.0 Å². The number of nitrogens with zero attached hydrogens (tertiary/aromatic N) is 2. The second-order valence-electron chi connectivity index (χ2n) is 6.25. The minimum absolute atomic E-state index is 0.175. The van der Waals surface area contributed by atoms with Crippen LogP contribution in [0.25, 0.3) is 0 Å². The molecule has 0 bridgehead atoms. The molecule has 0 aliphatic carbocycles. The predicted molar refractivity (Wildman–Crippen MR) is 101 cm³/mol. The fraction of sp³-hybridized carbons (Fsp3) is 0.300. The molecule has 3 rings (SSSR count). The smallest absolute Gasteiger partial charge is 0.246 e. The molecule has 1 amide bonds. The maximum atomic E-state index is 12.4. The Morgan fingerprint density at radius 2 is 1.80 bits per heavy atom. The Balaban J connectivity index is 1.60. The number of para-hydroxylation sites is 1. The summed E-state index contributed by atoms with van der Waals surface area (Å²) in [4.78, 5) is 14.7. The highest BCUT2D eigenvalue weighted by molar-refractivity contribution is 5.97. The molecule has 1 fully saturated rings. The molecule has 1 atom stereocenters. The molecule has 0 radical (unpaired) electrons. The Morgan fingerprint density at radius 1 is 1.12 bits per heavy atom. The molecule has 0 saturated carbocycles. The van der Waals surface area contributed by atoms with Crippen LogP contribution < -0.4 is 15.5 Å². The number of rotatable bonds is 5. The molecule has 1 heterocycles. The van der Waals surface area contributed by atoms with Crippen LogP contribution in [-0.2, 0) is 4.79 Å². The zero-order valence-corrected chi connectivity index (χ0v) is 14.3. The maximum Gasteiger partial charge on any atom is 0.246 e. The Bertz CT molecular complexity index is 773. The monoisotopic (exact) mass is 334 g/mol. The highest BCUT2D eigenvalue weighted by Gasteiger charge is 2.15. The zero-order chi connectivity index (χ0) is 17.6. The summed E-state index contributed by atoms with van der Waals surface area (Å²) in [5.41, 5.74) is 3.12. The van der Waals surface area contributed by atoms with E-state index in [-0.39, 0.29) is 5.91 Å². The van der Waals surface area contributed by atoms with Crippen molar-refractivity contribution in [2.45, 2.75) is 25.8 Å². The Hall–Kier alpha value is -3.00. The molecule has 0 unspecified atom stereocenters. The Kier molecular flexibility index (Phi) is 5.20. The van der Waals surface area contributed by atoms with Crippen LogP contribution in [0.3, 0.4) is 0 Å². The van der Waals surface area contributed by atoms with Crippen molar-refractivity contribution in [2.75, 3.05) is 28.6 Å². The van der Waals surface area contributed by atoms with Crippen molar-refractivity contribution in [3.05, 3.63) is 54.1 Å². The summed E-state index contributed by atoms with van der Waals surface area (Å²) in [6.45, 7) is 4.03. The van der Waals surface area contributed by atoms with Crippen LogP contribution in [0.15, 0.2) is 48.5 Å².